The number of ether oxygens (including phenoxy) is 1. The molecule has 24 heavy (non-hydrogen) atoms. The lowest BCUT2D eigenvalue weighted by molar-refractivity contribution is -0.143. The molecule has 2 aliphatic heterocycles. The van der Waals surface area contributed by atoms with Crippen molar-refractivity contribution in [3.8, 4) is 5.75 Å². The molecule has 0 aromatic heterocycles. The molecular weight excluding hydrogens is 324 g/mol. The van der Waals surface area contributed by atoms with E-state index in [-0.39, 0.29) is 23.9 Å². The Morgan fingerprint density at radius 1 is 1.42 bits per heavy atom. The molecule has 1 atom stereocenters. The summed E-state index contributed by atoms with van der Waals surface area (Å²) in [6.45, 7) is 4.69. The third-order valence-electron chi connectivity index (χ3n) is 4.72. The van der Waals surface area contributed by atoms with Crippen molar-refractivity contribution in [3.63, 3.8) is 0 Å². The summed E-state index contributed by atoms with van der Waals surface area (Å²) in [7, 11) is 1.80. The summed E-state index contributed by atoms with van der Waals surface area (Å²) in [4.78, 5) is 28.8. The highest BCUT2D eigenvalue weighted by molar-refractivity contribution is 7.99. The van der Waals surface area contributed by atoms with E-state index in [1.807, 2.05) is 26.0 Å². The Labute approximate surface area is 147 Å². The van der Waals surface area contributed by atoms with Gasteiger partial charge in [-0.2, -0.15) is 0 Å². The van der Waals surface area contributed by atoms with E-state index in [9.17, 15) is 9.59 Å². The van der Waals surface area contributed by atoms with Gasteiger partial charge in [-0.25, -0.2) is 0 Å². The maximum Gasteiger partial charge on any atom is 0.246 e. The molecule has 1 saturated heterocycles. The summed E-state index contributed by atoms with van der Waals surface area (Å²) in [6, 6.07) is 5.74. The zero-order valence-electron chi connectivity index (χ0n) is 14.4. The number of nitrogens with zero attached hydrogens (tertiary/aromatic N) is 2. The van der Waals surface area contributed by atoms with Crippen LogP contribution >= 0.6 is 11.8 Å². The number of likely N-dealkylation sites (N-methyl/N-ethyl adjacent to an activating group) is 1. The molecule has 2 heterocycles. The molecule has 1 fully saturated rings. The zero-order valence-corrected chi connectivity index (χ0v) is 15.3. The maximum atomic E-state index is 12.7. The quantitative estimate of drug-likeness (QED) is 0.834. The van der Waals surface area contributed by atoms with Gasteiger partial charge in [0.2, 0.25) is 11.8 Å². The number of amides is 2. The van der Waals surface area contributed by atoms with E-state index >= 15 is 0 Å². The Morgan fingerprint density at radius 3 is 2.96 bits per heavy atom. The van der Waals surface area contributed by atoms with Crippen molar-refractivity contribution in [3.05, 3.63) is 29.3 Å². The number of fused-ring (bicyclic) bond motifs is 1. The van der Waals surface area contributed by atoms with Crippen LogP contribution in [0, 0.1) is 0 Å². The first-order valence-electron chi connectivity index (χ1n) is 8.36. The van der Waals surface area contributed by atoms with Gasteiger partial charge in [-0.15, -0.1) is 11.8 Å². The SMILES string of the molecule is CC(C)N(C)C(=O)C1CSCN1C(=O)Cc1ccc2c(c1)CCO2. The van der Waals surface area contributed by atoms with Crippen LogP contribution in [-0.2, 0) is 22.4 Å². The molecule has 0 aliphatic carbocycles. The van der Waals surface area contributed by atoms with E-state index in [0.29, 0.717) is 24.7 Å². The first kappa shape index (κ1) is 17.1. The van der Waals surface area contributed by atoms with Crippen LogP contribution in [-0.4, -0.2) is 59.0 Å². The highest BCUT2D eigenvalue weighted by Crippen LogP contribution is 2.27. The third-order valence-corrected chi connectivity index (χ3v) is 5.73. The van der Waals surface area contributed by atoms with Crippen LogP contribution in [0.25, 0.3) is 0 Å². The summed E-state index contributed by atoms with van der Waals surface area (Å²) in [5, 5.41) is 0. The number of hydrogen-bond acceptors (Lipinski definition) is 4. The summed E-state index contributed by atoms with van der Waals surface area (Å²) >= 11 is 1.64. The van der Waals surface area contributed by atoms with E-state index in [1.165, 1.54) is 5.56 Å². The van der Waals surface area contributed by atoms with E-state index < -0.39 is 0 Å². The molecule has 2 aliphatic rings. The van der Waals surface area contributed by atoms with Gasteiger partial charge in [-0.1, -0.05) is 12.1 Å². The van der Waals surface area contributed by atoms with Crippen molar-refractivity contribution < 1.29 is 14.3 Å². The molecule has 130 valence electrons. The van der Waals surface area contributed by atoms with E-state index in [2.05, 4.69) is 6.07 Å². The van der Waals surface area contributed by atoms with Gasteiger partial charge in [0.1, 0.15) is 11.8 Å². The topological polar surface area (TPSA) is 49.9 Å². The molecule has 1 aromatic rings. The number of thioether (sulfide) groups is 1. The Kier molecular flexibility index (Phi) is 5.04. The van der Waals surface area contributed by atoms with Crippen LogP contribution in [0.1, 0.15) is 25.0 Å². The minimum absolute atomic E-state index is 0.0226. The van der Waals surface area contributed by atoms with E-state index in [4.69, 9.17) is 4.74 Å². The van der Waals surface area contributed by atoms with Crippen molar-refractivity contribution in [2.24, 2.45) is 0 Å². The van der Waals surface area contributed by atoms with Gasteiger partial charge in [0.05, 0.1) is 18.9 Å². The second-order valence-electron chi connectivity index (χ2n) is 6.64. The standard InChI is InChI=1S/C18H24N2O3S/c1-12(2)19(3)18(22)15-10-24-11-20(15)17(21)9-13-4-5-16-14(8-13)6-7-23-16/h4-5,8,12,15H,6-7,9-11H2,1-3H3. The highest BCUT2D eigenvalue weighted by atomic mass is 32.2. The van der Waals surface area contributed by atoms with Crippen molar-refractivity contribution in [2.45, 2.75) is 38.8 Å². The Morgan fingerprint density at radius 2 is 2.21 bits per heavy atom. The van der Waals surface area contributed by atoms with Crippen molar-refractivity contribution in [1.82, 2.24) is 9.80 Å². The molecule has 0 spiro atoms. The largest absolute Gasteiger partial charge is 0.493 e. The van der Waals surface area contributed by atoms with E-state index in [0.717, 1.165) is 17.7 Å². The molecule has 5 nitrogen and oxygen atoms in total. The molecule has 6 heteroatoms. The lowest BCUT2D eigenvalue weighted by atomic mass is 10.1. The fourth-order valence-electron chi connectivity index (χ4n) is 3.01. The monoisotopic (exact) mass is 348 g/mol. The molecular formula is C18H24N2O3S. The number of carbonyl (C=O) groups is 2. The number of rotatable bonds is 4. The fourth-order valence-corrected chi connectivity index (χ4v) is 4.18. The molecule has 0 saturated carbocycles. The number of carbonyl (C=O) groups excluding carboxylic acids is 2. The lowest BCUT2D eigenvalue weighted by Gasteiger charge is -2.29. The number of hydrogen-bond donors (Lipinski definition) is 0. The summed E-state index contributed by atoms with van der Waals surface area (Å²) in [5.41, 5.74) is 2.16. The van der Waals surface area contributed by atoms with Gasteiger partial charge in [0, 0.05) is 25.3 Å². The Hall–Kier alpha value is -1.69. The lowest BCUT2D eigenvalue weighted by Crippen LogP contribution is -2.49. The molecule has 0 N–H and O–H groups in total. The molecule has 2 amide bonds. The van der Waals surface area contributed by atoms with E-state index in [1.54, 1.807) is 28.6 Å². The summed E-state index contributed by atoms with van der Waals surface area (Å²) in [6.07, 6.45) is 1.24. The van der Waals surface area contributed by atoms with Gasteiger partial charge in [0.15, 0.2) is 0 Å². The first-order chi connectivity index (χ1) is 11.5. The van der Waals surface area contributed by atoms with Crippen LogP contribution in [0.4, 0.5) is 0 Å². The van der Waals surface area contributed by atoms with Crippen LogP contribution in [0.3, 0.4) is 0 Å². The molecule has 1 aromatic carbocycles. The van der Waals surface area contributed by atoms with Gasteiger partial charge < -0.3 is 14.5 Å². The summed E-state index contributed by atoms with van der Waals surface area (Å²) < 4.78 is 5.51. The van der Waals surface area contributed by atoms with Gasteiger partial charge in [-0.3, -0.25) is 9.59 Å². The van der Waals surface area contributed by atoms with Crippen LogP contribution in [0.15, 0.2) is 18.2 Å². The zero-order chi connectivity index (χ0) is 17.3. The van der Waals surface area contributed by atoms with Gasteiger partial charge in [0.25, 0.3) is 0 Å². The first-order valence-corrected chi connectivity index (χ1v) is 9.51. The minimum Gasteiger partial charge on any atom is -0.493 e. The van der Waals surface area contributed by atoms with Crippen LogP contribution in [0.5, 0.6) is 5.75 Å². The Bertz CT molecular complexity index is 647. The second-order valence-corrected chi connectivity index (χ2v) is 7.64. The smallest absolute Gasteiger partial charge is 0.246 e. The maximum absolute atomic E-state index is 12.7. The average Bonchev–Trinajstić information content (AvgIpc) is 3.21. The predicted octanol–water partition coefficient (Wildman–Crippen LogP) is 1.93. The minimum atomic E-state index is -0.340. The second kappa shape index (κ2) is 7.05. The van der Waals surface area contributed by atoms with Crippen molar-refractivity contribution >= 4 is 23.6 Å². The molecule has 0 bridgehead atoms. The molecule has 1 unspecified atom stereocenters. The van der Waals surface area contributed by atoms with Crippen molar-refractivity contribution in [2.75, 3.05) is 25.3 Å². The van der Waals surface area contributed by atoms with Crippen molar-refractivity contribution in [1.29, 1.82) is 0 Å². The third kappa shape index (κ3) is 3.38. The van der Waals surface area contributed by atoms with Gasteiger partial charge in [-0.05, 0) is 31.0 Å². The molecule has 0 radical (unpaired) electrons. The highest BCUT2D eigenvalue weighted by Gasteiger charge is 2.36. The van der Waals surface area contributed by atoms with Crippen LogP contribution in [0.2, 0.25) is 0 Å². The fraction of sp³-hybridized carbons (Fsp3) is 0.556. The average molecular weight is 348 g/mol. The number of benzene rings is 1. The Balaban J connectivity index is 1.68. The summed E-state index contributed by atoms with van der Waals surface area (Å²) in [5.74, 6) is 2.25. The normalized spacial score (nSPS) is 19.3. The van der Waals surface area contributed by atoms with Crippen LogP contribution < -0.4 is 4.74 Å². The van der Waals surface area contributed by atoms with Gasteiger partial charge >= 0.3 is 0 Å². The molecule has 3 rings (SSSR count). The predicted molar refractivity (Wildman–Crippen MR) is 95.2 cm³/mol.